The average molecular weight is 442 g/mol. The normalized spacial score (nSPS) is 14.7. The summed E-state index contributed by atoms with van der Waals surface area (Å²) in [5, 5.41) is 5.86. The number of hydrogen-bond donors (Lipinski definition) is 2. The van der Waals surface area contributed by atoms with Gasteiger partial charge < -0.3 is 24.8 Å². The van der Waals surface area contributed by atoms with Crippen molar-refractivity contribution < 1.29 is 19.1 Å². The number of nitrogens with one attached hydrogen (secondary N) is 2. The summed E-state index contributed by atoms with van der Waals surface area (Å²) >= 11 is 0. The van der Waals surface area contributed by atoms with E-state index in [1.54, 1.807) is 47.9 Å². The fraction of sp³-hybridized carbons (Fsp3) is 0.478. The van der Waals surface area contributed by atoms with Gasteiger partial charge in [-0.1, -0.05) is 6.07 Å². The van der Waals surface area contributed by atoms with Gasteiger partial charge in [-0.05, 0) is 51.8 Å². The zero-order valence-electron chi connectivity index (χ0n) is 18.8. The Morgan fingerprint density at radius 3 is 2.59 bits per heavy atom. The molecule has 2 heterocycles. The number of carbonyl (C=O) groups is 3. The van der Waals surface area contributed by atoms with E-state index in [-0.39, 0.29) is 23.9 Å². The highest BCUT2D eigenvalue weighted by Crippen LogP contribution is 2.17. The van der Waals surface area contributed by atoms with Crippen LogP contribution in [-0.2, 0) is 16.1 Å². The van der Waals surface area contributed by atoms with Crippen LogP contribution in [0.1, 0.15) is 50.4 Å². The second-order valence-electron chi connectivity index (χ2n) is 8.89. The van der Waals surface area contributed by atoms with E-state index in [9.17, 15) is 14.4 Å². The molecule has 1 aromatic heterocycles. The van der Waals surface area contributed by atoms with Gasteiger partial charge >= 0.3 is 6.09 Å². The van der Waals surface area contributed by atoms with Gasteiger partial charge in [0.2, 0.25) is 5.91 Å². The first-order valence-corrected chi connectivity index (χ1v) is 10.8. The minimum Gasteiger partial charge on any atom is -0.444 e. The Hall–Kier alpha value is -3.36. The van der Waals surface area contributed by atoms with Crippen molar-refractivity contribution >= 4 is 23.6 Å². The van der Waals surface area contributed by atoms with E-state index in [4.69, 9.17) is 4.74 Å². The van der Waals surface area contributed by atoms with Gasteiger partial charge in [0, 0.05) is 55.7 Å². The quantitative estimate of drug-likeness (QED) is 0.717. The molecular weight excluding hydrogens is 410 g/mol. The van der Waals surface area contributed by atoms with Gasteiger partial charge in [0.05, 0.1) is 6.33 Å². The van der Waals surface area contributed by atoms with Crippen molar-refractivity contribution in [2.24, 2.45) is 0 Å². The first kappa shape index (κ1) is 23.3. The van der Waals surface area contributed by atoms with Crippen LogP contribution in [0, 0.1) is 0 Å². The lowest BCUT2D eigenvalue weighted by molar-refractivity contribution is -0.116. The molecule has 3 amide bonds. The van der Waals surface area contributed by atoms with E-state index in [1.165, 1.54) is 0 Å². The van der Waals surface area contributed by atoms with Crippen molar-refractivity contribution in [3.05, 3.63) is 48.5 Å². The molecule has 172 valence electrons. The third kappa shape index (κ3) is 7.11. The predicted octanol–water partition coefficient (Wildman–Crippen LogP) is 3.04. The standard InChI is InChI=1S/C23H31N5O4/c1-23(2,3)32-22(31)28-12-7-18(8-13-28)26-21(30)17-5-4-6-19(15-17)25-20(29)9-11-27-14-10-24-16-27/h4-6,10,14-16,18H,7-9,11-13H2,1-3H3,(H,25,29)(H,26,30). The first-order chi connectivity index (χ1) is 15.2. The molecule has 0 aliphatic carbocycles. The Bertz CT molecular complexity index is 928. The molecule has 1 saturated heterocycles. The number of aryl methyl sites for hydroxylation is 1. The minimum absolute atomic E-state index is 0.0189. The summed E-state index contributed by atoms with van der Waals surface area (Å²) in [5.41, 5.74) is 0.530. The zero-order chi connectivity index (χ0) is 23.1. The number of anilines is 1. The molecule has 2 aromatic rings. The van der Waals surface area contributed by atoms with E-state index in [0.29, 0.717) is 50.1 Å². The molecule has 0 bridgehead atoms. The van der Waals surface area contributed by atoms with Crippen LogP contribution < -0.4 is 10.6 Å². The Morgan fingerprint density at radius 2 is 1.94 bits per heavy atom. The number of carbonyl (C=O) groups excluding carboxylic acids is 3. The van der Waals surface area contributed by atoms with Gasteiger partial charge in [0.15, 0.2) is 0 Å². The number of ether oxygens (including phenoxy) is 1. The van der Waals surface area contributed by atoms with Gasteiger partial charge in [-0.15, -0.1) is 0 Å². The lowest BCUT2D eigenvalue weighted by atomic mass is 10.0. The Kier molecular flexibility index (Phi) is 7.50. The SMILES string of the molecule is CC(C)(C)OC(=O)N1CCC(NC(=O)c2cccc(NC(=O)CCn3ccnc3)c2)CC1. The van der Waals surface area contributed by atoms with Crippen LogP contribution in [0.25, 0.3) is 0 Å². The molecule has 0 radical (unpaired) electrons. The highest BCUT2D eigenvalue weighted by molar-refractivity contribution is 5.97. The maximum atomic E-state index is 12.7. The maximum Gasteiger partial charge on any atom is 0.410 e. The molecule has 9 nitrogen and oxygen atoms in total. The summed E-state index contributed by atoms with van der Waals surface area (Å²) in [6.45, 7) is 7.13. The van der Waals surface area contributed by atoms with Crippen LogP contribution in [0.3, 0.4) is 0 Å². The Morgan fingerprint density at radius 1 is 1.19 bits per heavy atom. The number of rotatable bonds is 6. The number of amides is 3. The van der Waals surface area contributed by atoms with Gasteiger partial charge in [-0.3, -0.25) is 9.59 Å². The highest BCUT2D eigenvalue weighted by Gasteiger charge is 2.27. The summed E-state index contributed by atoms with van der Waals surface area (Å²) in [4.78, 5) is 42.7. The van der Waals surface area contributed by atoms with Gasteiger partial charge in [0.25, 0.3) is 5.91 Å². The van der Waals surface area contributed by atoms with E-state index >= 15 is 0 Å². The van der Waals surface area contributed by atoms with Gasteiger partial charge in [-0.25, -0.2) is 9.78 Å². The summed E-state index contributed by atoms with van der Waals surface area (Å²) in [7, 11) is 0. The topological polar surface area (TPSA) is 106 Å². The summed E-state index contributed by atoms with van der Waals surface area (Å²) < 4.78 is 7.24. The molecule has 1 fully saturated rings. The molecule has 9 heteroatoms. The fourth-order valence-electron chi connectivity index (χ4n) is 3.41. The Balaban J connectivity index is 1.46. The molecule has 0 saturated carbocycles. The third-order valence-corrected chi connectivity index (χ3v) is 5.05. The maximum absolute atomic E-state index is 12.7. The van der Waals surface area contributed by atoms with Crippen molar-refractivity contribution in [1.29, 1.82) is 0 Å². The minimum atomic E-state index is -0.526. The number of nitrogens with zero attached hydrogens (tertiary/aromatic N) is 3. The molecule has 1 aromatic carbocycles. The molecule has 3 rings (SSSR count). The molecule has 32 heavy (non-hydrogen) atoms. The van der Waals surface area contributed by atoms with Crippen molar-refractivity contribution in [2.45, 2.75) is 58.2 Å². The zero-order valence-corrected chi connectivity index (χ0v) is 18.8. The summed E-state index contributed by atoms with van der Waals surface area (Å²) in [6, 6.07) is 6.86. The number of likely N-dealkylation sites (tertiary alicyclic amines) is 1. The predicted molar refractivity (Wildman–Crippen MR) is 120 cm³/mol. The van der Waals surface area contributed by atoms with Crippen molar-refractivity contribution in [3.8, 4) is 0 Å². The number of piperidine rings is 1. The van der Waals surface area contributed by atoms with Gasteiger partial charge in [0.1, 0.15) is 5.60 Å². The van der Waals surface area contributed by atoms with Crippen LogP contribution in [0.5, 0.6) is 0 Å². The smallest absolute Gasteiger partial charge is 0.410 e. The van der Waals surface area contributed by atoms with Crippen LogP contribution in [0.4, 0.5) is 10.5 Å². The van der Waals surface area contributed by atoms with Crippen LogP contribution in [0.15, 0.2) is 43.0 Å². The average Bonchev–Trinajstić information content (AvgIpc) is 3.25. The van der Waals surface area contributed by atoms with Crippen molar-refractivity contribution in [2.75, 3.05) is 18.4 Å². The highest BCUT2D eigenvalue weighted by atomic mass is 16.6. The number of benzene rings is 1. The van der Waals surface area contributed by atoms with Crippen molar-refractivity contribution in [3.63, 3.8) is 0 Å². The second kappa shape index (κ2) is 10.3. The number of imidazole rings is 1. The summed E-state index contributed by atoms with van der Waals surface area (Å²) in [5.74, 6) is -0.332. The van der Waals surface area contributed by atoms with Crippen molar-refractivity contribution in [1.82, 2.24) is 19.8 Å². The van der Waals surface area contributed by atoms with Crippen LogP contribution in [-0.4, -0.2) is 57.1 Å². The van der Waals surface area contributed by atoms with E-state index in [1.807, 2.05) is 25.3 Å². The van der Waals surface area contributed by atoms with E-state index < -0.39 is 5.60 Å². The van der Waals surface area contributed by atoms with Crippen LogP contribution in [0.2, 0.25) is 0 Å². The van der Waals surface area contributed by atoms with Gasteiger partial charge in [-0.2, -0.15) is 0 Å². The lowest BCUT2D eigenvalue weighted by Gasteiger charge is -2.33. The number of hydrogen-bond acceptors (Lipinski definition) is 5. The fourth-order valence-corrected chi connectivity index (χ4v) is 3.41. The molecule has 2 N–H and O–H groups in total. The molecule has 0 unspecified atom stereocenters. The molecule has 0 spiro atoms. The number of aromatic nitrogens is 2. The Labute approximate surface area is 188 Å². The lowest BCUT2D eigenvalue weighted by Crippen LogP contribution is -2.47. The first-order valence-electron chi connectivity index (χ1n) is 10.8. The second-order valence-corrected chi connectivity index (χ2v) is 8.89. The van der Waals surface area contributed by atoms with Crippen LogP contribution >= 0.6 is 0 Å². The monoisotopic (exact) mass is 441 g/mol. The molecule has 1 aliphatic rings. The third-order valence-electron chi connectivity index (χ3n) is 5.05. The summed E-state index contributed by atoms with van der Waals surface area (Å²) in [6.07, 6.45) is 6.45. The van der Waals surface area contributed by atoms with E-state index in [2.05, 4.69) is 15.6 Å². The molecule has 1 aliphatic heterocycles. The van der Waals surface area contributed by atoms with E-state index in [0.717, 1.165) is 0 Å². The molecule has 0 atom stereocenters. The molecular formula is C23H31N5O4. The largest absolute Gasteiger partial charge is 0.444 e.